The minimum Gasteiger partial charge on any atom is -0.484 e. The molecule has 25 heavy (non-hydrogen) atoms. The number of carbonyl (C=O) groups is 1. The second-order valence-electron chi connectivity index (χ2n) is 5.94. The van der Waals surface area contributed by atoms with E-state index < -0.39 is 0 Å². The summed E-state index contributed by atoms with van der Waals surface area (Å²) in [6.45, 7) is 3.31. The van der Waals surface area contributed by atoms with Crippen LogP contribution in [0.4, 0.5) is 0 Å². The Bertz CT molecular complexity index is 772. The highest BCUT2D eigenvalue weighted by Crippen LogP contribution is 2.17. The second kappa shape index (κ2) is 8.17. The zero-order chi connectivity index (χ0) is 17.6. The second-order valence-corrected chi connectivity index (χ2v) is 6.38. The summed E-state index contributed by atoms with van der Waals surface area (Å²) in [5.41, 5.74) is 2.12. The molecule has 1 heterocycles. The molecule has 3 rings (SSSR count). The van der Waals surface area contributed by atoms with Gasteiger partial charge in [-0.2, -0.15) is 0 Å². The summed E-state index contributed by atoms with van der Waals surface area (Å²) in [6, 6.07) is 15.3. The quantitative estimate of drug-likeness (QED) is 0.786. The van der Waals surface area contributed by atoms with Gasteiger partial charge in [0.2, 0.25) is 0 Å². The Labute approximate surface area is 153 Å². The molecule has 0 unspecified atom stereocenters. The van der Waals surface area contributed by atoms with E-state index in [4.69, 9.17) is 16.3 Å². The molecule has 1 aliphatic heterocycles. The number of amides is 1. The molecule has 1 amide bonds. The number of carbonyl (C=O) groups excluding carboxylic acids is 1. The highest BCUT2D eigenvalue weighted by Gasteiger charge is 2.25. The van der Waals surface area contributed by atoms with Crippen LogP contribution < -0.4 is 4.74 Å². The van der Waals surface area contributed by atoms with Crippen LogP contribution in [0.3, 0.4) is 0 Å². The van der Waals surface area contributed by atoms with Crippen molar-refractivity contribution >= 4 is 23.3 Å². The van der Waals surface area contributed by atoms with E-state index in [1.54, 1.807) is 11.0 Å². The first kappa shape index (κ1) is 17.5. The fourth-order valence-corrected chi connectivity index (χ4v) is 3.02. The van der Waals surface area contributed by atoms with Crippen LogP contribution in [-0.4, -0.2) is 36.3 Å². The molecule has 0 saturated heterocycles. The van der Waals surface area contributed by atoms with Gasteiger partial charge in [0.15, 0.2) is 6.61 Å². The van der Waals surface area contributed by atoms with E-state index in [-0.39, 0.29) is 12.5 Å². The minimum atomic E-state index is -0.103. The normalized spacial score (nSPS) is 13.7. The summed E-state index contributed by atoms with van der Waals surface area (Å²) in [5, 5.41) is 0.628. The zero-order valence-corrected chi connectivity index (χ0v) is 15.0. The van der Waals surface area contributed by atoms with Gasteiger partial charge in [-0.1, -0.05) is 49.2 Å². The lowest BCUT2D eigenvalue weighted by atomic mass is 10.1. The maximum atomic E-state index is 12.5. The zero-order valence-electron chi connectivity index (χ0n) is 14.2. The van der Waals surface area contributed by atoms with Crippen LogP contribution in [0.2, 0.25) is 5.02 Å². The highest BCUT2D eigenvalue weighted by molar-refractivity contribution is 6.31. The molecule has 0 N–H and O–H groups in total. The van der Waals surface area contributed by atoms with Crippen molar-refractivity contribution in [2.75, 3.05) is 19.7 Å². The van der Waals surface area contributed by atoms with Gasteiger partial charge in [0.25, 0.3) is 5.91 Å². The third-order valence-corrected chi connectivity index (χ3v) is 4.28. The van der Waals surface area contributed by atoms with Crippen molar-refractivity contribution in [3.05, 3.63) is 64.7 Å². The summed E-state index contributed by atoms with van der Waals surface area (Å²) in [6.07, 6.45) is 2.16. The van der Waals surface area contributed by atoms with Gasteiger partial charge in [0, 0.05) is 17.1 Å². The van der Waals surface area contributed by atoms with E-state index in [1.807, 2.05) is 42.5 Å². The van der Waals surface area contributed by atoms with Crippen LogP contribution in [0.5, 0.6) is 5.75 Å². The number of rotatable bonds is 6. The Kier molecular flexibility index (Phi) is 5.71. The van der Waals surface area contributed by atoms with Crippen LogP contribution in [0, 0.1) is 0 Å². The average Bonchev–Trinajstić information content (AvgIpc) is 3.11. The first-order chi connectivity index (χ1) is 12.2. The molecule has 1 aliphatic rings. The van der Waals surface area contributed by atoms with Crippen molar-refractivity contribution in [1.29, 1.82) is 0 Å². The number of ether oxygens (including phenoxy) is 1. The Hall–Kier alpha value is -2.33. The third-order valence-electron chi connectivity index (χ3n) is 4.05. The number of hydrogen-bond donors (Lipinski definition) is 0. The van der Waals surface area contributed by atoms with Crippen LogP contribution in [-0.2, 0) is 11.2 Å². The molecular formula is C20H21ClN2O2. The number of nitrogens with zero attached hydrogens (tertiary/aromatic N) is 2. The Morgan fingerprint density at radius 3 is 2.76 bits per heavy atom. The van der Waals surface area contributed by atoms with E-state index in [0.29, 0.717) is 29.7 Å². The lowest BCUT2D eigenvalue weighted by molar-refractivity contribution is -0.129. The molecule has 0 spiro atoms. The van der Waals surface area contributed by atoms with Gasteiger partial charge >= 0.3 is 0 Å². The van der Waals surface area contributed by atoms with Crippen molar-refractivity contribution in [2.45, 2.75) is 19.8 Å². The molecule has 2 aromatic rings. The largest absolute Gasteiger partial charge is 0.484 e. The maximum absolute atomic E-state index is 12.5. The average molecular weight is 357 g/mol. The summed E-state index contributed by atoms with van der Waals surface area (Å²) in [5.74, 6) is 1.26. The summed E-state index contributed by atoms with van der Waals surface area (Å²) >= 11 is 6.04. The molecule has 0 saturated carbocycles. The van der Waals surface area contributed by atoms with E-state index in [2.05, 4.69) is 11.9 Å². The molecule has 130 valence electrons. The summed E-state index contributed by atoms with van der Waals surface area (Å²) < 4.78 is 5.65. The van der Waals surface area contributed by atoms with Crippen molar-refractivity contribution in [3.8, 4) is 5.75 Å². The van der Waals surface area contributed by atoms with Crippen LogP contribution in [0.25, 0.3) is 0 Å². The fourth-order valence-electron chi connectivity index (χ4n) is 2.83. The first-order valence-electron chi connectivity index (χ1n) is 8.50. The summed E-state index contributed by atoms with van der Waals surface area (Å²) in [4.78, 5) is 18.7. The molecule has 0 aliphatic carbocycles. The van der Waals surface area contributed by atoms with E-state index >= 15 is 0 Å². The molecule has 2 aromatic carbocycles. The predicted octanol–water partition coefficient (Wildman–Crippen LogP) is 3.96. The monoisotopic (exact) mass is 356 g/mol. The molecule has 0 bridgehead atoms. The summed E-state index contributed by atoms with van der Waals surface area (Å²) in [7, 11) is 0. The van der Waals surface area contributed by atoms with E-state index in [0.717, 1.165) is 18.4 Å². The van der Waals surface area contributed by atoms with E-state index in [9.17, 15) is 4.79 Å². The van der Waals surface area contributed by atoms with Gasteiger partial charge in [-0.05, 0) is 36.2 Å². The topological polar surface area (TPSA) is 41.9 Å². The Morgan fingerprint density at radius 2 is 2.04 bits per heavy atom. The molecule has 5 heteroatoms. The third kappa shape index (κ3) is 4.40. The molecule has 0 fully saturated rings. The minimum absolute atomic E-state index is 0.00723. The number of hydrogen-bond acceptors (Lipinski definition) is 3. The van der Waals surface area contributed by atoms with Crippen LogP contribution in [0.15, 0.2) is 53.5 Å². The fraction of sp³-hybridized carbons (Fsp3) is 0.300. The number of halogens is 1. The molecule has 4 nitrogen and oxygen atoms in total. The lowest BCUT2D eigenvalue weighted by Crippen LogP contribution is -2.38. The number of benzene rings is 2. The molecule has 0 aromatic heterocycles. The number of aliphatic imine (C=N–C) groups is 1. The van der Waals surface area contributed by atoms with Gasteiger partial charge in [-0.15, -0.1) is 0 Å². The maximum Gasteiger partial charge on any atom is 0.266 e. The van der Waals surface area contributed by atoms with Crippen molar-refractivity contribution < 1.29 is 9.53 Å². The lowest BCUT2D eigenvalue weighted by Gasteiger charge is -2.19. The van der Waals surface area contributed by atoms with Crippen molar-refractivity contribution in [1.82, 2.24) is 4.90 Å². The van der Waals surface area contributed by atoms with Gasteiger partial charge < -0.3 is 4.74 Å². The van der Waals surface area contributed by atoms with Gasteiger partial charge in [0.05, 0.1) is 6.54 Å². The first-order valence-corrected chi connectivity index (χ1v) is 8.87. The SMILES string of the molecule is CCCc1ccc(OCC(=O)N2CCN=C2c2cccc(Cl)c2)cc1. The standard InChI is InChI=1S/C20H21ClN2O2/c1-2-4-15-7-9-18(10-8-15)25-14-19(24)23-12-11-22-20(23)16-5-3-6-17(21)13-16/h3,5-10,13H,2,4,11-12,14H2,1H3. The molecule has 0 atom stereocenters. The van der Waals surface area contributed by atoms with Crippen LogP contribution >= 0.6 is 11.6 Å². The highest BCUT2D eigenvalue weighted by atomic mass is 35.5. The van der Waals surface area contributed by atoms with E-state index in [1.165, 1.54) is 5.56 Å². The Morgan fingerprint density at radius 1 is 1.24 bits per heavy atom. The predicted molar refractivity (Wildman–Crippen MR) is 101 cm³/mol. The number of aryl methyl sites for hydroxylation is 1. The van der Waals surface area contributed by atoms with Gasteiger partial charge in [0.1, 0.15) is 11.6 Å². The number of amidine groups is 1. The molecular weight excluding hydrogens is 336 g/mol. The Balaban J connectivity index is 1.62. The van der Waals surface area contributed by atoms with Crippen LogP contribution in [0.1, 0.15) is 24.5 Å². The molecule has 0 radical (unpaired) electrons. The van der Waals surface area contributed by atoms with Gasteiger partial charge in [-0.3, -0.25) is 14.7 Å². The van der Waals surface area contributed by atoms with Gasteiger partial charge in [-0.25, -0.2) is 0 Å². The van der Waals surface area contributed by atoms with Crippen molar-refractivity contribution in [2.24, 2.45) is 4.99 Å². The smallest absolute Gasteiger partial charge is 0.266 e. The van der Waals surface area contributed by atoms with Crippen molar-refractivity contribution in [3.63, 3.8) is 0 Å².